The minimum Gasteiger partial charge on any atom is -0.490 e. The molecule has 0 saturated carbocycles. The van der Waals surface area contributed by atoms with Gasteiger partial charge in [-0.15, -0.1) is 0 Å². The molecule has 0 bridgehead atoms. The van der Waals surface area contributed by atoms with Gasteiger partial charge in [0.2, 0.25) is 15.9 Å². The third-order valence-corrected chi connectivity index (χ3v) is 8.11. The van der Waals surface area contributed by atoms with Crippen LogP contribution in [0.3, 0.4) is 0 Å². The van der Waals surface area contributed by atoms with Crippen molar-refractivity contribution in [3.8, 4) is 11.5 Å². The molecule has 1 amide bonds. The third kappa shape index (κ3) is 5.71. The van der Waals surface area contributed by atoms with Gasteiger partial charge in [0, 0.05) is 32.6 Å². The van der Waals surface area contributed by atoms with E-state index in [2.05, 4.69) is 19.2 Å². The second-order valence-corrected chi connectivity index (χ2v) is 11.0. The quantitative estimate of drug-likeness (QED) is 0.646. The van der Waals surface area contributed by atoms with E-state index in [0.29, 0.717) is 50.0 Å². The van der Waals surface area contributed by atoms with Gasteiger partial charge in [-0.2, -0.15) is 4.31 Å². The molecule has 2 aromatic rings. The van der Waals surface area contributed by atoms with Gasteiger partial charge in [-0.3, -0.25) is 9.69 Å². The highest BCUT2D eigenvalue weighted by molar-refractivity contribution is 7.89. The summed E-state index contributed by atoms with van der Waals surface area (Å²) in [6, 6.07) is 14.1. The lowest BCUT2D eigenvalue weighted by atomic mass is 9.95. The summed E-state index contributed by atoms with van der Waals surface area (Å²) in [6.45, 7) is 7.36. The number of rotatable bonds is 7. The van der Waals surface area contributed by atoms with Crippen LogP contribution in [-0.4, -0.2) is 69.5 Å². The van der Waals surface area contributed by atoms with Crippen molar-refractivity contribution in [1.82, 2.24) is 14.5 Å². The standard InChI is InChI=1S/C25H33N3O5S/c1-19(2)25(20-9-10-22-23(17-20)33-16-6-15-32-22)26-24(29)18-27-11-13-28(14-12-27)34(30,31)21-7-4-3-5-8-21/h3-5,7-10,17,19,25H,6,11-16,18H2,1-2H3,(H,26,29)/t25-/m0/s1. The number of amides is 1. The van der Waals surface area contributed by atoms with Crippen LogP contribution in [0.4, 0.5) is 0 Å². The molecule has 0 aliphatic carbocycles. The van der Waals surface area contributed by atoms with Gasteiger partial charge < -0.3 is 14.8 Å². The highest BCUT2D eigenvalue weighted by Crippen LogP contribution is 2.34. The van der Waals surface area contributed by atoms with E-state index in [1.165, 1.54) is 4.31 Å². The van der Waals surface area contributed by atoms with Gasteiger partial charge in [0.05, 0.1) is 30.7 Å². The molecule has 9 heteroatoms. The SMILES string of the molecule is CC(C)[C@H](NC(=O)CN1CCN(S(=O)(=O)c2ccccc2)CC1)c1ccc2c(c1)OCCCO2. The monoisotopic (exact) mass is 487 g/mol. The summed E-state index contributed by atoms with van der Waals surface area (Å²) < 4.78 is 38.7. The predicted molar refractivity (Wildman–Crippen MR) is 129 cm³/mol. The number of hydrogen-bond acceptors (Lipinski definition) is 6. The van der Waals surface area contributed by atoms with E-state index in [4.69, 9.17) is 9.47 Å². The maximum Gasteiger partial charge on any atom is 0.243 e. The van der Waals surface area contributed by atoms with E-state index >= 15 is 0 Å². The van der Waals surface area contributed by atoms with Crippen LogP contribution in [0.15, 0.2) is 53.4 Å². The van der Waals surface area contributed by atoms with Crippen LogP contribution in [-0.2, 0) is 14.8 Å². The Morgan fingerprint density at radius 2 is 1.65 bits per heavy atom. The molecule has 2 heterocycles. The molecule has 1 fully saturated rings. The van der Waals surface area contributed by atoms with Crippen molar-refractivity contribution in [3.63, 3.8) is 0 Å². The molecule has 2 aliphatic rings. The van der Waals surface area contributed by atoms with E-state index in [0.717, 1.165) is 17.7 Å². The van der Waals surface area contributed by atoms with E-state index in [1.54, 1.807) is 30.3 Å². The largest absolute Gasteiger partial charge is 0.490 e. The maximum atomic E-state index is 12.9. The Balaban J connectivity index is 1.34. The number of piperazine rings is 1. The first-order chi connectivity index (χ1) is 16.3. The molecule has 2 aliphatic heterocycles. The normalized spacial score (nSPS) is 18.3. The number of carbonyl (C=O) groups is 1. The van der Waals surface area contributed by atoms with Crippen molar-refractivity contribution in [1.29, 1.82) is 0 Å². The fourth-order valence-electron chi connectivity index (χ4n) is 4.30. The van der Waals surface area contributed by atoms with Crippen LogP contribution in [0.2, 0.25) is 0 Å². The minimum absolute atomic E-state index is 0.0785. The molecule has 2 aromatic carbocycles. The summed E-state index contributed by atoms with van der Waals surface area (Å²) in [6.07, 6.45) is 0.842. The summed E-state index contributed by atoms with van der Waals surface area (Å²) in [5.41, 5.74) is 0.978. The fraction of sp³-hybridized carbons (Fsp3) is 0.480. The predicted octanol–water partition coefficient (Wildman–Crippen LogP) is 2.67. The van der Waals surface area contributed by atoms with Gasteiger partial charge in [0.25, 0.3) is 0 Å². The molecule has 1 N–H and O–H groups in total. The van der Waals surface area contributed by atoms with Crippen LogP contribution in [0, 0.1) is 5.92 Å². The molecule has 4 rings (SSSR count). The summed E-state index contributed by atoms with van der Waals surface area (Å²) >= 11 is 0. The zero-order chi connectivity index (χ0) is 24.1. The topological polar surface area (TPSA) is 88.2 Å². The molecule has 0 aromatic heterocycles. The Kier molecular flexibility index (Phi) is 7.75. The molecule has 8 nitrogen and oxygen atoms in total. The number of ether oxygens (including phenoxy) is 2. The lowest BCUT2D eigenvalue weighted by Crippen LogP contribution is -2.51. The summed E-state index contributed by atoms with van der Waals surface area (Å²) in [5, 5.41) is 3.16. The lowest BCUT2D eigenvalue weighted by molar-refractivity contribution is -0.123. The van der Waals surface area contributed by atoms with E-state index < -0.39 is 10.0 Å². The smallest absolute Gasteiger partial charge is 0.243 e. The lowest BCUT2D eigenvalue weighted by Gasteiger charge is -2.34. The van der Waals surface area contributed by atoms with E-state index in [9.17, 15) is 13.2 Å². The molecule has 0 radical (unpaired) electrons. The minimum atomic E-state index is -3.51. The zero-order valence-corrected chi connectivity index (χ0v) is 20.6. The summed E-state index contributed by atoms with van der Waals surface area (Å²) in [4.78, 5) is 15.2. The number of hydrogen-bond donors (Lipinski definition) is 1. The summed E-state index contributed by atoms with van der Waals surface area (Å²) in [5.74, 6) is 1.55. The van der Waals surface area contributed by atoms with Crippen LogP contribution in [0.1, 0.15) is 31.9 Å². The van der Waals surface area contributed by atoms with Crippen molar-refractivity contribution in [3.05, 3.63) is 54.1 Å². The first-order valence-corrected chi connectivity index (χ1v) is 13.2. The van der Waals surface area contributed by atoms with Gasteiger partial charge in [0.1, 0.15) is 0 Å². The molecule has 1 atom stereocenters. The molecule has 0 unspecified atom stereocenters. The van der Waals surface area contributed by atoms with Gasteiger partial charge in [0.15, 0.2) is 11.5 Å². The van der Waals surface area contributed by atoms with Crippen molar-refractivity contribution in [2.75, 3.05) is 45.9 Å². The van der Waals surface area contributed by atoms with Crippen LogP contribution < -0.4 is 14.8 Å². The number of nitrogens with one attached hydrogen (secondary N) is 1. The average Bonchev–Trinajstić information content (AvgIpc) is 3.08. The summed E-state index contributed by atoms with van der Waals surface area (Å²) in [7, 11) is -3.51. The van der Waals surface area contributed by atoms with Crippen LogP contribution >= 0.6 is 0 Å². The number of sulfonamides is 1. The molecule has 1 saturated heterocycles. The van der Waals surface area contributed by atoms with Crippen LogP contribution in [0.5, 0.6) is 11.5 Å². The number of nitrogens with zero attached hydrogens (tertiary/aromatic N) is 2. The Bertz CT molecular complexity index is 1080. The molecular formula is C25H33N3O5S. The Morgan fingerprint density at radius 3 is 2.32 bits per heavy atom. The van der Waals surface area contributed by atoms with Gasteiger partial charge in [-0.1, -0.05) is 38.1 Å². The molecule has 0 spiro atoms. The highest BCUT2D eigenvalue weighted by Gasteiger charge is 2.29. The zero-order valence-electron chi connectivity index (χ0n) is 19.8. The van der Waals surface area contributed by atoms with Crippen molar-refractivity contribution in [2.45, 2.75) is 31.2 Å². The molecular weight excluding hydrogens is 454 g/mol. The Morgan fingerprint density at radius 1 is 0.971 bits per heavy atom. The second kappa shape index (κ2) is 10.8. The van der Waals surface area contributed by atoms with Crippen molar-refractivity contribution >= 4 is 15.9 Å². The maximum absolute atomic E-state index is 12.9. The number of fused-ring (bicyclic) bond motifs is 1. The first-order valence-electron chi connectivity index (χ1n) is 11.8. The van der Waals surface area contributed by atoms with E-state index in [1.807, 2.05) is 23.1 Å². The Hall–Kier alpha value is -2.62. The highest BCUT2D eigenvalue weighted by atomic mass is 32.2. The van der Waals surface area contributed by atoms with Gasteiger partial charge in [-0.25, -0.2) is 8.42 Å². The van der Waals surface area contributed by atoms with Crippen LogP contribution in [0.25, 0.3) is 0 Å². The van der Waals surface area contributed by atoms with Gasteiger partial charge in [-0.05, 0) is 35.7 Å². The Labute approximate surface area is 201 Å². The number of carbonyl (C=O) groups excluding carboxylic acids is 1. The second-order valence-electron chi connectivity index (χ2n) is 9.04. The molecule has 34 heavy (non-hydrogen) atoms. The average molecular weight is 488 g/mol. The van der Waals surface area contributed by atoms with Crippen molar-refractivity contribution < 1.29 is 22.7 Å². The number of benzene rings is 2. The first kappa shape index (κ1) is 24.5. The van der Waals surface area contributed by atoms with E-state index in [-0.39, 0.29) is 24.4 Å². The van der Waals surface area contributed by atoms with Crippen molar-refractivity contribution in [2.24, 2.45) is 5.92 Å². The third-order valence-electron chi connectivity index (χ3n) is 6.19. The fourth-order valence-corrected chi connectivity index (χ4v) is 5.74. The molecule has 184 valence electrons. The van der Waals surface area contributed by atoms with Gasteiger partial charge >= 0.3 is 0 Å².